The third-order valence-corrected chi connectivity index (χ3v) is 4.58. The molecule has 1 aliphatic rings. The molecule has 0 bridgehead atoms. The lowest BCUT2D eigenvalue weighted by Gasteiger charge is -2.12. The van der Waals surface area contributed by atoms with Crippen LogP contribution in [0, 0.1) is 13.8 Å². The zero-order valence-corrected chi connectivity index (χ0v) is 16.7. The first kappa shape index (κ1) is 20.7. The number of carbonyl (C=O) groups is 2. The fourth-order valence-electron chi connectivity index (χ4n) is 2.39. The smallest absolute Gasteiger partial charge is 0.331 e. The molecule has 0 unspecified atom stereocenters. The van der Waals surface area contributed by atoms with Crippen molar-refractivity contribution in [3.63, 3.8) is 0 Å². The molecule has 1 heterocycles. The summed E-state index contributed by atoms with van der Waals surface area (Å²) >= 11 is 1.03. The molecule has 144 valence electrons. The largest absolute Gasteiger partial charge is 0.493 e. The van der Waals surface area contributed by atoms with E-state index >= 15 is 0 Å². The molecule has 1 aromatic carbocycles. The molecule has 1 N–H and O–H groups in total. The molecule has 1 aromatic rings. The molecule has 0 saturated carbocycles. The summed E-state index contributed by atoms with van der Waals surface area (Å²) in [6.45, 7) is 6.82. The summed E-state index contributed by atoms with van der Waals surface area (Å²) in [5.41, 5.74) is 2.95. The van der Waals surface area contributed by atoms with Gasteiger partial charge >= 0.3 is 5.97 Å². The number of esters is 1. The molecule has 1 saturated heterocycles. The number of rotatable bonds is 7. The third-order valence-electron chi connectivity index (χ3n) is 3.68. The molecule has 8 heteroatoms. The Balaban J connectivity index is 2.06. The lowest BCUT2D eigenvalue weighted by Crippen LogP contribution is -2.19. The van der Waals surface area contributed by atoms with Crippen LogP contribution in [-0.2, 0) is 14.3 Å². The minimum absolute atomic E-state index is 0.219. The number of benzene rings is 1. The van der Waals surface area contributed by atoms with Crippen LogP contribution in [-0.4, -0.2) is 37.0 Å². The van der Waals surface area contributed by atoms with Gasteiger partial charge in [0.2, 0.25) is 0 Å². The number of hydrogen-bond donors (Lipinski definition) is 1. The summed E-state index contributed by atoms with van der Waals surface area (Å²) in [5.74, 6) is -0.0904. The van der Waals surface area contributed by atoms with Crippen molar-refractivity contribution in [1.29, 1.82) is 0 Å². The Morgan fingerprint density at radius 3 is 2.63 bits per heavy atom. The Morgan fingerprint density at radius 2 is 2.00 bits per heavy atom. The van der Waals surface area contributed by atoms with Crippen molar-refractivity contribution in [2.45, 2.75) is 33.6 Å². The normalized spacial score (nSPS) is 17.0. The van der Waals surface area contributed by atoms with E-state index in [-0.39, 0.29) is 4.91 Å². The van der Waals surface area contributed by atoms with Gasteiger partial charge in [-0.25, -0.2) is 4.79 Å². The van der Waals surface area contributed by atoms with Crippen molar-refractivity contribution in [1.82, 2.24) is 5.32 Å². The maximum atomic E-state index is 11.7. The molecule has 2 rings (SSSR count). The highest BCUT2D eigenvalue weighted by molar-refractivity contribution is 8.18. The fraction of sp³-hybridized carbons (Fsp3) is 0.368. The first-order valence-corrected chi connectivity index (χ1v) is 9.40. The van der Waals surface area contributed by atoms with E-state index in [9.17, 15) is 9.59 Å². The van der Waals surface area contributed by atoms with E-state index in [2.05, 4.69) is 27.2 Å². The van der Waals surface area contributed by atoms with Crippen molar-refractivity contribution >= 4 is 35.0 Å². The first-order chi connectivity index (χ1) is 12.9. The lowest BCUT2D eigenvalue weighted by molar-refractivity contribution is -0.135. The van der Waals surface area contributed by atoms with Gasteiger partial charge in [0, 0.05) is 6.08 Å². The Morgan fingerprint density at radius 1 is 1.30 bits per heavy atom. The zero-order valence-electron chi connectivity index (χ0n) is 15.9. The second kappa shape index (κ2) is 9.91. The molecule has 0 radical (unpaired) electrons. The van der Waals surface area contributed by atoms with Crippen molar-refractivity contribution in [3.05, 3.63) is 39.8 Å². The number of aryl methyl sites for hydroxylation is 2. The van der Waals surface area contributed by atoms with Crippen LogP contribution in [0.3, 0.4) is 0 Å². The molecule has 27 heavy (non-hydrogen) atoms. The average Bonchev–Trinajstić information content (AvgIpc) is 2.96. The van der Waals surface area contributed by atoms with Crippen LogP contribution in [0.4, 0.5) is 0 Å². The van der Waals surface area contributed by atoms with Gasteiger partial charge in [-0.3, -0.25) is 10.1 Å². The summed E-state index contributed by atoms with van der Waals surface area (Å²) in [5, 5.41) is 10.9. The number of ether oxygens (including phenoxy) is 2. The maximum absolute atomic E-state index is 11.7. The number of nitrogens with zero attached hydrogens (tertiary/aromatic N) is 2. The molecular formula is C19H23N3O4S. The topological polar surface area (TPSA) is 89.4 Å². The van der Waals surface area contributed by atoms with Gasteiger partial charge in [0.25, 0.3) is 5.91 Å². The SMILES string of the molecule is CCCCOc1c(C)cc(C=N/N=C2/NC(=O)/C(=C\C(=O)OC)S2)cc1C. The molecule has 1 fully saturated rings. The summed E-state index contributed by atoms with van der Waals surface area (Å²) in [7, 11) is 1.25. The van der Waals surface area contributed by atoms with E-state index in [1.54, 1.807) is 6.21 Å². The number of nitrogens with one attached hydrogen (secondary N) is 1. The summed E-state index contributed by atoms with van der Waals surface area (Å²) in [4.78, 5) is 23.2. The van der Waals surface area contributed by atoms with Gasteiger partial charge in [0.1, 0.15) is 5.75 Å². The quantitative estimate of drug-likeness (QED) is 0.254. The van der Waals surface area contributed by atoms with Crippen LogP contribution in [0.2, 0.25) is 0 Å². The molecule has 0 aliphatic carbocycles. The molecule has 0 spiro atoms. The van der Waals surface area contributed by atoms with Crippen molar-refractivity contribution < 1.29 is 19.1 Å². The number of amides is 1. The molecule has 1 amide bonds. The number of amidine groups is 1. The van der Waals surface area contributed by atoms with Gasteiger partial charge in [0.05, 0.1) is 24.8 Å². The fourth-order valence-corrected chi connectivity index (χ4v) is 3.13. The number of thioether (sulfide) groups is 1. The minimum Gasteiger partial charge on any atom is -0.493 e. The van der Waals surface area contributed by atoms with Crippen LogP contribution < -0.4 is 10.1 Å². The van der Waals surface area contributed by atoms with Crippen LogP contribution in [0.1, 0.15) is 36.5 Å². The summed E-state index contributed by atoms with van der Waals surface area (Å²) in [6.07, 6.45) is 4.84. The molecule has 7 nitrogen and oxygen atoms in total. The van der Waals surface area contributed by atoms with Crippen molar-refractivity contribution in [2.75, 3.05) is 13.7 Å². The highest BCUT2D eigenvalue weighted by atomic mass is 32.2. The van der Waals surface area contributed by atoms with E-state index in [4.69, 9.17) is 4.74 Å². The van der Waals surface area contributed by atoms with Crippen molar-refractivity contribution in [2.24, 2.45) is 10.2 Å². The second-order valence-electron chi connectivity index (χ2n) is 5.92. The number of unbranched alkanes of at least 4 members (excludes halogenated alkanes) is 1. The minimum atomic E-state index is -0.593. The average molecular weight is 389 g/mol. The number of hydrogen-bond acceptors (Lipinski definition) is 7. The third kappa shape index (κ3) is 5.96. The van der Waals surface area contributed by atoms with Gasteiger partial charge in [-0.1, -0.05) is 13.3 Å². The standard InChI is InChI=1S/C19H23N3O4S/c1-5-6-7-26-17-12(2)8-14(9-13(17)3)11-20-22-19-21-18(24)15(27-19)10-16(23)25-4/h8-11H,5-7H2,1-4H3,(H,21,22,24)/b15-10+,20-11?. The highest BCUT2D eigenvalue weighted by Gasteiger charge is 2.24. The Labute approximate surface area is 162 Å². The van der Waals surface area contributed by atoms with Crippen LogP contribution >= 0.6 is 11.8 Å². The van der Waals surface area contributed by atoms with Gasteiger partial charge < -0.3 is 9.47 Å². The molecule has 0 atom stereocenters. The predicted molar refractivity (Wildman–Crippen MR) is 107 cm³/mol. The second-order valence-corrected chi connectivity index (χ2v) is 6.95. The van der Waals surface area contributed by atoms with Gasteiger partial charge in [-0.2, -0.15) is 5.10 Å². The maximum Gasteiger partial charge on any atom is 0.331 e. The van der Waals surface area contributed by atoms with E-state index < -0.39 is 11.9 Å². The van der Waals surface area contributed by atoms with Gasteiger partial charge in [0.15, 0.2) is 5.17 Å². The van der Waals surface area contributed by atoms with Gasteiger partial charge in [-0.05, 0) is 60.9 Å². The molecular weight excluding hydrogens is 366 g/mol. The Hall–Kier alpha value is -2.61. The van der Waals surface area contributed by atoms with E-state index in [1.807, 2.05) is 26.0 Å². The van der Waals surface area contributed by atoms with E-state index in [0.29, 0.717) is 11.8 Å². The van der Waals surface area contributed by atoms with E-state index in [1.165, 1.54) is 7.11 Å². The van der Waals surface area contributed by atoms with Crippen LogP contribution in [0.15, 0.2) is 33.3 Å². The molecule has 0 aromatic heterocycles. The molecule has 1 aliphatic heterocycles. The van der Waals surface area contributed by atoms with Crippen LogP contribution in [0.25, 0.3) is 0 Å². The number of carbonyl (C=O) groups excluding carboxylic acids is 2. The zero-order chi connectivity index (χ0) is 19.8. The van der Waals surface area contributed by atoms with Gasteiger partial charge in [-0.15, -0.1) is 5.10 Å². The first-order valence-electron chi connectivity index (χ1n) is 8.58. The Bertz CT molecular complexity index is 792. The predicted octanol–water partition coefficient (Wildman–Crippen LogP) is 3.09. The summed E-state index contributed by atoms with van der Waals surface area (Å²) < 4.78 is 10.4. The monoisotopic (exact) mass is 389 g/mol. The van der Waals surface area contributed by atoms with E-state index in [0.717, 1.165) is 53.1 Å². The number of methoxy groups -OCH3 is 1. The van der Waals surface area contributed by atoms with Crippen molar-refractivity contribution in [3.8, 4) is 5.75 Å². The Kier molecular flexibility index (Phi) is 7.60. The lowest BCUT2D eigenvalue weighted by atomic mass is 10.1. The van der Waals surface area contributed by atoms with Crippen LogP contribution in [0.5, 0.6) is 5.75 Å². The summed E-state index contributed by atoms with van der Waals surface area (Å²) in [6, 6.07) is 3.95. The highest BCUT2D eigenvalue weighted by Crippen LogP contribution is 2.25.